The number of nitrogens with two attached hydrogens (primary N) is 1. The number of nitriles is 1. The molecular weight excluding hydrogens is 280 g/mol. The fourth-order valence-corrected chi connectivity index (χ4v) is 1.91. The summed E-state index contributed by atoms with van der Waals surface area (Å²) in [7, 11) is 0. The van der Waals surface area contributed by atoms with Crippen LogP contribution >= 0.6 is 0 Å². The van der Waals surface area contributed by atoms with Crippen molar-refractivity contribution in [3.05, 3.63) is 36.0 Å². The minimum Gasteiger partial charge on any atom is -0.399 e. The Hall–Kier alpha value is -2.81. The third kappa shape index (κ3) is 4.09. The molecule has 0 aliphatic heterocycles. The second kappa shape index (κ2) is 7.84. The molecular formula is C16H20N4O2. The molecule has 2 amide bonds. The molecule has 0 atom stereocenters. The molecule has 0 heterocycles. The number of carbonyl (C=O) groups is 2. The van der Waals surface area contributed by atoms with Gasteiger partial charge in [-0.15, -0.1) is 0 Å². The number of carbonyl (C=O) groups excluding carboxylic acids is 2. The Morgan fingerprint density at radius 2 is 1.77 bits per heavy atom. The molecule has 0 spiro atoms. The molecule has 6 heteroatoms. The molecule has 2 N–H and O–H groups in total. The first kappa shape index (κ1) is 17.2. The van der Waals surface area contributed by atoms with Gasteiger partial charge in [0.15, 0.2) is 0 Å². The van der Waals surface area contributed by atoms with E-state index in [9.17, 15) is 14.9 Å². The highest BCUT2D eigenvalue weighted by Gasteiger charge is 2.24. The van der Waals surface area contributed by atoms with Gasteiger partial charge in [-0.05, 0) is 38.1 Å². The van der Waals surface area contributed by atoms with E-state index in [-0.39, 0.29) is 5.57 Å². The van der Waals surface area contributed by atoms with E-state index in [1.807, 2.05) is 24.8 Å². The number of nitrogen functional groups attached to an aromatic ring is 1. The second-order valence-corrected chi connectivity index (χ2v) is 4.63. The first-order valence-electron chi connectivity index (χ1n) is 7.01. The summed E-state index contributed by atoms with van der Waals surface area (Å²) in [6.07, 6.45) is 1.48. The van der Waals surface area contributed by atoms with Gasteiger partial charge in [-0.25, -0.2) is 4.90 Å². The molecule has 22 heavy (non-hydrogen) atoms. The van der Waals surface area contributed by atoms with Crippen molar-refractivity contribution < 1.29 is 9.59 Å². The Morgan fingerprint density at radius 1 is 1.23 bits per heavy atom. The number of nitrogens with zero attached hydrogens (tertiary/aromatic N) is 3. The number of amides is 2. The van der Waals surface area contributed by atoms with E-state index in [0.29, 0.717) is 24.5 Å². The van der Waals surface area contributed by atoms with E-state index in [2.05, 4.69) is 0 Å². The smallest absolute Gasteiger partial charge is 0.277 e. The van der Waals surface area contributed by atoms with Crippen molar-refractivity contribution in [3.63, 3.8) is 0 Å². The molecule has 0 fully saturated rings. The topological polar surface area (TPSA) is 90.4 Å². The standard InChI is InChI=1S/C16H20N4O2/c1-4-19(5-2)11-13(10-17)16(22)20(12(3)21)15-8-6-14(18)7-9-15/h6-9,11H,4-5,18H2,1-3H3/b13-11-. The van der Waals surface area contributed by atoms with Gasteiger partial charge in [0.1, 0.15) is 11.6 Å². The average Bonchev–Trinajstić information content (AvgIpc) is 2.50. The molecule has 1 aromatic rings. The number of anilines is 2. The summed E-state index contributed by atoms with van der Waals surface area (Å²) in [5.74, 6) is -1.11. The molecule has 0 radical (unpaired) electrons. The van der Waals surface area contributed by atoms with Gasteiger partial charge in [-0.1, -0.05) is 0 Å². The van der Waals surface area contributed by atoms with Gasteiger partial charge in [0.2, 0.25) is 5.91 Å². The summed E-state index contributed by atoms with van der Waals surface area (Å²) in [4.78, 5) is 27.2. The van der Waals surface area contributed by atoms with Gasteiger partial charge in [-0.2, -0.15) is 5.26 Å². The van der Waals surface area contributed by atoms with Crippen LogP contribution < -0.4 is 10.6 Å². The molecule has 0 aliphatic rings. The Kier molecular flexibility index (Phi) is 6.14. The zero-order valence-corrected chi connectivity index (χ0v) is 13.0. The van der Waals surface area contributed by atoms with Gasteiger partial charge in [0.25, 0.3) is 5.91 Å². The van der Waals surface area contributed by atoms with Crippen molar-refractivity contribution in [2.75, 3.05) is 23.7 Å². The van der Waals surface area contributed by atoms with Crippen LogP contribution in [0.15, 0.2) is 36.0 Å². The van der Waals surface area contributed by atoms with Crippen LogP contribution in [0.4, 0.5) is 11.4 Å². The zero-order chi connectivity index (χ0) is 16.7. The number of rotatable bonds is 5. The quantitative estimate of drug-likeness (QED) is 0.509. The van der Waals surface area contributed by atoms with Gasteiger partial charge >= 0.3 is 0 Å². The number of benzene rings is 1. The molecule has 0 bridgehead atoms. The van der Waals surface area contributed by atoms with Crippen molar-refractivity contribution in [2.45, 2.75) is 20.8 Å². The minimum atomic E-state index is -0.647. The maximum Gasteiger partial charge on any atom is 0.277 e. The average molecular weight is 300 g/mol. The van der Waals surface area contributed by atoms with Crippen molar-refractivity contribution in [1.82, 2.24) is 4.90 Å². The van der Waals surface area contributed by atoms with E-state index in [4.69, 9.17) is 5.73 Å². The molecule has 0 unspecified atom stereocenters. The van der Waals surface area contributed by atoms with Crippen molar-refractivity contribution in [2.24, 2.45) is 0 Å². The maximum atomic E-state index is 12.5. The van der Waals surface area contributed by atoms with E-state index in [1.165, 1.54) is 13.1 Å². The maximum absolute atomic E-state index is 12.5. The molecule has 0 aromatic heterocycles. The first-order valence-corrected chi connectivity index (χ1v) is 7.01. The van der Waals surface area contributed by atoms with Crippen molar-refractivity contribution in [1.29, 1.82) is 5.26 Å². The Bertz CT molecular complexity index is 610. The summed E-state index contributed by atoms with van der Waals surface area (Å²) in [5.41, 5.74) is 6.43. The van der Waals surface area contributed by atoms with Crippen LogP contribution in [0.25, 0.3) is 0 Å². The molecule has 1 aromatic carbocycles. The number of hydrogen-bond acceptors (Lipinski definition) is 5. The third-order valence-electron chi connectivity index (χ3n) is 3.14. The van der Waals surface area contributed by atoms with Crippen LogP contribution in [0, 0.1) is 11.3 Å². The highest BCUT2D eigenvalue weighted by Crippen LogP contribution is 2.19. The SMILES string of the molecule is CCN(/C=C(/C#N)C(=O)N(C(C)=O)c1ccc(N)cc1)CC. The first-order chi connectivity index (χ1) is 10.4. The van der Waals surface area contributed by atoms with Gasteiger partial charge in [0, 0.05) is 31.9 Å². The van der Waals surface area contributed by atoms with Crippen molar-refractivity contribution in [3.8, 4) is 6.07 Å². The Labute approximate surface area is 130 Å². The highest BCUT2D eigenvalue weighted by atomic mass is 16.2. The molecule has 6 nitrogen and oxygen atoms in total. The third-order valence-corrected chi connectivity index (χ3v) is 3.14. The molecule has 0 saturated carbocycles. The van der Waals surface area contributed by atoms with E-state index >= 15 is 0 Å². The predicted molar refractivity (Wildman–Crippen MR) is 85.6 cm³/mol. The summed E-state index contributed by atoms with van der Waals surface area (Å²) >= 11 is 0. The number of imide groups is 1. The zero-order valence-electron chi connectivity index (χ0n) is 13.0. The van der Waals surface area contributed by atoms with Crippen LogP contribution in [0.5, 0.6) is 0 Å². The lowest BCUT2D eigenvalue weighted by atomic mass is 10.2. The van der Waals surface area contributed by atoms with Gasteiger partial charge < -0.3 is 10.6 Å². The van der Waals surface area contributed by atoms with Gasteiger partial charge in [-0.3, -0.25) is 9.59 Å². The van der Waals surface area contributed by atoms with E-state index < -0.39 is 11.8 Å². The molecule has 0 saturated heterocycles. The Morgan fingerprint density at radius 3 is 2.18 bits per heavy atom. The van der Waals surface area contributed by atoms with Gasteiger partial charge in [0.05, 0.1) is 5.69 Å². The van der Waals surface area contributed by atoms with Crippen LogP contribution in [0.1, 0.15) is 20.8 Å². The summed E-state index contributed by atoms with van der Waals surface area (Å²) < 4.78 is 0. The van der Waals surface area contributed by atoms with E-state index in [0.717, 1.165) is 4.90 Å². The van der Waals surface area contributed by atoms with Crippen molar-refractivity contribution >= 4 is 23.2 Å². The lowest BCUT2D eigenvalue weighted by Crippen LogP contribution is -2.36. The summed E-state index contributed by atoms with van der Waals surface area (Å²) in [6.45, 7) is 6.44. The minimum absolute atomic E-state index is 0.0873. The Balaban J connectivity index is 3.20. The van der Waals surface area contributed by atoms with Crippen LogP contribution in [0.2, 0.25) is 0 Å². The van der Waals surface area contributed by atoms with E-state index in [1.54, 1.807) is 24.3 Å². The molecule has 1 rings (SSSR count). The predicted octanol–water partition coefficient (Wildman–Crippen LogP) is 1.90. The van der Waals surface area contributed by atoms with Crippen LogP contribution in [-0.4, -0.2) is 29.8 Å². The molecule has 0 aliphatic carbocycles. The van der Waals surface area contributed by atoms with Crippen LogP contribution in [0.3, 0.4) is 0 Å². The second-order valence-electron chi connectivity index (χ2n) is 4.63. The summed E-state index contributed by atoms with van der Waals surface area (Å²) in [5, 5.41) is 9.23. The lowest BCUT2D eigenvalue weighted by Gasteiger charge is -2.21. The van der Waals surface area contributed by atoms with Crippen LogP contribution in [-0.2, 0) is 9.59 Å². The fourth-order valence-electron chi connectivity index (χ4n) is 1.91. The largest absolute Gasteiger partial charge is 0.399 e. The number of hydrogen-bond donors (Lipinski definition) is 1. The highest BCUT2D eigenvalue weighted by molar-refractivity contribution is 6.21. The normalized spacial score (nSPS) is 10.7. The lowest BCUT2D eigenvalue weighted by molar-refractivity contribution is -0.123. The summed E-state index contributed by atoms with van der Waals surface area (Å²) in [6, 6.07) is 8.20. The molecule has 116 valence electrons. The fraction of sp³-hybridized carbons (Fsp3) is 0.312. The monoisotopic (exact) mass is 300 g/mol.